The van der Waals surface area contributed by atoms with Crippen LogP contribution in [0, 0.1) is 0 Å². The van der Waals surface area contributed by atoms with Crippen LogP contribution < -0.4 is 15.0 Å². The smallest absolute Gasteiger partial charge is 0.420 e. The number of hydrogen-bond acceptors (Lipinski definition) is 6. The van der Waals surface area contributed by atoms with Crippen molar-refractivity contribution in [3.8, 4) is 17.0 Å². The molecule has 1 amide bonds. The first kappa shape index (κ1) is 23.7. The van der Waals surface area contributed by atoms with Crippen LogP contribution in [0.15, 0.2) is 48.8 Å². The second-order valence-corrected chi connectivity index (χ2v) is 7.42. The molecule has 32 heavy (non-hydrogen) atoms. The monoisotopic (exact) mass is 485 g/mol. The van der Waals surface area contributed by atoms with Crippen LogP contribution in [0.3, 0.4) is 0 Å². The molecule has 0 bridgehead atoms. The van der Waals surface area contributed by atoms with E-state index >= 15 is 0 Å². The van der Waals surface area contributed by atoms with Gasteiger partial charge in [-0.1, -0.05) is 0 Å². The lowest BCUT2D eigenvalue weighted by molar-refractivity contribution is -0.0964. The van der Waals surface area contributed by atoms with E-state index in [1.165, 1.54) is 30.5 Å². The highest BCUT2D eigenvalue weighted by molar-refractivity contribution is 6.20. The summed E-state index contributed by atoms with van der Waals surface area (Å²) in [5.41, 5.74) is -1.78. The Labute approximate surface area is 193 Å². The quantitative estimate of drug-likeness (QED) is 0.457. The number of rotatable bonds is 6. The fraction of sp³-hybridized carbons (Fsp3) is 0.250. The summed E-state index contributed by atoms with van der Waals surface area (Å²) in [6, 6.07) is 8.81. The largest absolute Gasteiger partial charge is 0.487 e. The maximum absolute atomic E-state index is 12.7. The highest BCUT2D eigenvalue weighted by atomic mass is 35.5. The van der Waals surface area contributed by atoms with E-state index in [2.05, 4.69) is 25.2 Å². The molecular weight excluding hydrogens is 467 g/mol. The topological polar surface area (TPSA) is 103 Å². The number of anilines is 2. The minimum absolute atomic E-state index is 0. The van der Waals surface area contributed by atoms with Gasteiger partial charge < -0.3 is 20.1 Å². The number of aromatic amines is 1. The number of hydrogen-bond donors (Lipinski definition) is 3. The number of alkyl halides is 3. The number of pyridine rings is 1. The average molecular weight is 486 g/mol. The van der Waals surface area contributed by atoms with Gasteiger partial charge >= 0.3 is 5.57 Å². The van der Waals surface area contributed by atoms with Crippen LogP contribution in [-0.2, 0) is 0 Å². The Balaban J connectivity index is 0.00000289. The predicted octanol–water partition coefficient (Wildman–Crippen LogP) is 3.88. The van der Waals surface area contributed by atoms with Crippen molar-refractivity contribution in [2.75, 3.05) is 23.3 Å². The van der Waals surface area contributed by atoms with Crippen molar-refractivity contribution in [3.63, 3.8) is 0 Å². The van der Waals surface area contributed by atoms with Crippen molar-refractivity contribution in [1.82, 2.24) is 15.2 Å². The zero-order valence-electron chi connectivity index (χ0n) is 16.5. The molecule has 1 aliphatic heterocycles. The molecule has 1 aliphatic rings. The van der Waals surface area contributed by atoms with Gasteiger partial charge in [-0.2, -0.15) is 5.10 Å². The van der Waals surface area contributed by atoms with E-state index in [0.717, 1.165) is 0 Å². The van der Waals surface area contributed by atoms with Crippen LogP contribution in [0.1, 0.15) is 16.8 Å². The summed E-state index contributed by atoms with van der Waals surface area (Å²) in [4.78, 5) is 19.1. The lowest BCUT2D eigenvalue weighted by Gasteiger charge is -2.20. The predicted molar refractivity (Wildman–Crippen MR) is 118 cm³/mol. The zero-order chi connectivity index (χ0) is 22.0. The second kappa shape index (κ2) is 9.68. The van der Waals surface area contributed by atoms with E-state index in [-0.39, 0.29) is 18.2 Å². The van der Waals surface area contributed by atoms with Crippen molar-refractivity contribution >= 4 is 41.4 Å². The number of H-pyrrole nitrogens is 1. The molecular formula is C20H19Cl2F2N5O3. The Bertz CT molecular complexity index is 1060. The first-order valence-electron chi connectivity index (χ1n) is 9.38. The van der Waals surface area contributed by atoms with Gasteiger partial charge in [0.2, 0.25) is 0 Å². The van der Waals surface area contributed by atoms with Crippen molar-refractivity contribution in [2.24, 2.45) is 0 Å². The lowest BCUT2D eigenvalue weighted by atomic mass is 10.1. The minimum Gasteiger partial charge on any atom is -0.420 e. The molecule has 1 saturated heterocycles. The molecule has 12 heteroatoms. The van der Waals surface area contributed by atoms with Crippen molar-refractivity contribution < 1.29 is 23.4 Å². The van der Waals surface area contributed by atoms with Gasteiger partial charge in [-0.15, -0.1) is 21.2 Å². The third-order valence-corrected chi connectivity index (χ3v) is 4.81. The Hall–Kier alpha value is -2.95. The van der Waals surface area contributed by atoms with Gasteiger partial charge in [0.25, 0.3) is 5.91 Å². The van der Waals surface area contributed by atoms with E-state index in [0.29, 0.717) is 47.8 Å². The van der Waals surface area contributed by atoms with Gasteiger partial charge in [0.15, 0.2) is 0 Å². The van der Waals surface area contributed by atoms with Gasteiger partial charge in [0.1, 0.15) is 11.6 Å². The number of β-amino-alcohol motifs (C(OH)–C–C–N with tert-alkyl or cyclic N) is 1. The molecule has 170 valence electrons. The van der Waals surface area contributed by atoms with Crippen LogP contribution in [0.5, 0.6) is 5.75 Å². The average Bonchev–Trinajstić information content (AvgIpc) is 3.40. The Morgan fingerprint density at radius 1 is 1.31 bits per heavy atom. The van der Waals surface area contributed by atoms with E-state index in [1.807, 2.05) is 4.90 Å². The van der Waals surface area contributed by atoms with Crippen molar-refractivity contribution in [1.29, 1.82) is 0 Å². The zero-order valence-corrected chi connectivity index (χ0v) is 18.0. The fourth-order valence-electron chi connectivity index (χ4n) is 3.32. The summed E-state index contributed by atoms with van der Waals surface area (Å²) in [7, 11) is 0. The fourth-order valence-corrected chi connectivity index (χ4v) is 3.40. The number of carbonyl (C=O) groups is 1. The summed E-state index contributed by atoms with van der Waals surface area (Å²) in [5, 5.41) is 19.4. The normalized spacial score (nSPS) is 15.9. The summed E-state index contributed by atoms with van der Waals surface area (Å²) in [6.45, 7) is 1.10. The molecule has 0 unspecified atom stereocenters. The van der Waals surface area contributed by atoms with E-state index in [1.54, 1.807) is 18.3 Å². The summed E-state index contributed by atoms with van der Waals surface area (Å²) < 4.78 is 29.7. The second-order valence-electron chi connectivity index (χ2n) is 6.98. The number of aliphatic hydroxyl groups is 1. The van der Waals surface area contributed by atoms with E-state index in [4.69, 9.17) is 11.6 Å². The third-order valence-electron chi connectivity index (χ3n) is 4.73. The van der Waals surface area contributed by atoms with Crippen LogP contribution >= 0.6 is 24.0 Å². The number of aliphatic hydroxyl groups excluding tert-OH is 1. The highest BCUT2D eigenvalue weighted by Gasteiger charge is 2.27. The van der Waals surface area contributed by atoms with Crippen molar-refractivity contribution in [3.05, 3.63) is 54.4 Å². The molecule has 1 aromatic carbocycles. The van der Waals surface area contributed by atoms with E-state index < -0.39 is 17.6 Å². The first-order chi connectivity index (χ1) is 14.8. The number of benzene rings is 1. The first-order valence-corrected chi connectivity index (χ1v) is 9.76. The molecule has 3 aromatic rings. The summed E-state index contributed by atoms with van der Waals surface area (Å²) in [5.74, 6) is 0.0665. The lowest BCUT2D eigenvalue weighted by Crippen LogP contribution is -2.23. The highest BCUT2D eigenvalue weighted by Crippen LogP contribution is 2.31. The van der Waals surface area contributed by atoms with Gasteiger partial charge in [-0.25, -0.2) is 4.98 Å². The summed E-state index contributed by atoms with van der Waals surface area (Å²) in [6.07, 6.45) is 3.26. The summed E-state index contributed by atoms with van der Waals surface area (Å²) >= 11 is 4.74. The van der Waals surface area contributed by atoms with Gasteiger partial charge in [0, 0.05) is 48.3 Å². The molecule has 4 rings (SSSR count). The molecule has 3 heterocycles. The SMILES string of the molecule is Cl.O=C(Nc1ccc(OC(F)(F)Cl)cc1)c1cnc(N2CC[C@H](O)C2)c(-c2ccn[nH]2)c1. The molecule has 8 nitrogen and oxygen atoms in total. The number of nitrogens with one attached hydrogen (secondary N) is 2. The molecule has 3 N–H and O–H groups in total. The molecule has 0 aliphatic carbocycles. The maximum atomic E-state index is 12.7. The number of nitrogens with zero attached hydrogens (tertiary/aromatic N) is 3. The number of carbonyl (C=O) groups excluding carboxylic acids is 1. The Kier molecular flexibility index (Phi) is 7.17. The number of ether oxygens (including phenoxy) is 1. The van der Waals surface area contributed by atoms with Crippen LogP contribution in [-0.4, -0.2) is 51.0 Å². The minimum atomic E-state index is -3.81. The molecule has 0 spiro atoms. The molecule has 0 radical (unpaired) electrons. The standard InChI is InChI=1S/C20H18ClF2N5O3.ClH/c21-20(22,23)31-15-3-1-13(2-4-15)26-19(30)12-9-16(17-5-7-25-27-17)18(24-10-12)28-8-6-14(29)11-28;/h1-5,7,9-10,14,29H,6,8,11H2,(H,25,27)(H,26,30);1H/t14-;/m0./s1. The van der Waals surface area contributed by atoms with E-state index in [9.17, 15) is 18.7 Å². The van der Waals surface area contributed by atoms with Crippen molar-refractivity contribution in [2.45, 2.75) is 18.1 Å². The van der Waals surface area contributed by atoms with Crippen LogP contribution in [0.25, 0.3) is 11.3 Å². The third kappa shape index (κ3) is 5.64. The number of aromatic nitrogens is 3. The Morgan fingerprint density at radius 2 is 2.06 bits per heavy atom. The number of amides is 1. The van der Waals surface area contributed by atoms with Gasteiger partial charge in [-0.05, 0) is 42.8 Å². The maximum Gasteiger partial charge on any atom is 0.487 e. The molecule has 2 aromatic heterocycles. The van der Waals surface area contributed by atoms with Crippen LogP contribution in [0.4, 0.5) is 20.3 Å². The molecule has 0 saturated carbocycles. The van der Waals surface area contributed by atoms with Gasteiger partial charge in [-0.3, -0.25) is 9.89 Å². The molecule has 1 fully saturated rings. The van der Waals surface area contributed by atoms with Crippen LogP contribution in [0.2, 0.25) is 0 Å². The number of halogens is 4. The molecule has 1 atom stereocenters. The van der Waals surface area contributed by atoms with Gasteiger partial charge in [0.05, 0.1) is 17.4 Å². The Morgan fingerprint density at radius 3 is 2.66 bits per heavy atom.